The standard InChI is InChI=1S/C10H12OS/c1-10(2)5-3-8(11)7-4-6-12-9(7)10/h4,6H,3,5H2,1-2H3. The van der Waals surface area contributed by atoms with E-state index in [1.54, 1.807) is 11.3 Å². The molecule has 1 aromatic heterocycles. The van der Waals surface area contributed by atoms with Gasteiger partial charge in [0.2, 0.25) is 0 Å². The van der Waals surface area contributed by atoms with Crippen molar-refractivity contribution in [2.75, 3.05) is 0 Å². The third-order valence-corrected chi connectivity index (χ3v) is 3.84. The summed E-state index contributed by atoms with van der Waals surface area (Å²) in [6, 6.07) is 1.96. The van der Waals surface area contributed by atoms with Crippen LogP contribution in [0.4, 0.5) is 0 Å². The third-order valence-electron chi connectivity index (χ3n) is 2.56. The number of thiophene rings is 1. The largest absolute Gasteiger partial charge is 0.294 e. The van der Waals surface area contributed by atoms with Crippen LogP contribution in [0, 0.1) is 0 Å². The second-order valence-electron chi connectivity index (χ2n) is 3.97. The lowest BCUT2D eigenvalue weighted by atomic mass is 9.78. The van der Waals surface area contributed by atoms with Gasteiger partial charge >= 0.3 is 0 Å². The Bertz CT molecular complexity index is 322. The van der Waals surface area contributed by atoms with Crippen LogP contribution in [-0.2, 0) is 5.41 Å². The molecule has 1 heterocycles. The van der Waals surface area contributed by atoms with Gasteiger partial charge in [0, 0.05) is 22.3 Å². The number of carbonyl (C=O) groups is 1. The average molecular weight is 180 g/mol. The topological polar surface area (TPSA) is 17.1 Å². The van der Waals surface area contributed by atoms with Crippen molar-refractivity contribution in [2.24, 2.45) is 0 Å². The molecule has 0 atom stereocenters. The van der Waals surface area contributed by atoms with Gasteiger partial charge in [-0.1, -0.05) is 13.8 Å². The Morgan fingerprint density at radius 1 is 1.50 bits per heavy atom. The van der Waals surface area contributed by atoms with E-state index in [0.29, 0.717) is 5.78 Å². The van der Waals surface area contributed by atoms with Crippen LogP contribution in [0.1, 0.15) is 41.9 Å². The normalized spacial score (nSPS) is 20.7. The molecule has 2 heteroatoms. The average Bonchev–Trinajstić information content (AvgIpc) is 2.46. The van der Waals surface area contributed by atoms with Gasteiger partial charge in [-0.2, -0.15) is 0 Å². The van der Waals surface area contributed by atoms with Crippen LogP contribution < -0.4 is 0 Å². The Morgan fingerprint density at radius 2 is 2.25 bits per heavy atom. The van der Waals surface area contributed by atoms with Crippen LogP contribution in [0.5, 0.6) is 0 Å². The van der Waals surface area contributed by atoms with E-state index < -0.39 is 0 Å². The van der Waals surface area contributed by atoms with Gasteiger partial charge in [-0.05, 0) is 17.9 Å². The van der Waals surface area contributed by atoms with E-state index in [1.165, 1.54) is 4.88 Å². The minimum Gasteiger partial charge on any atom is -0.294 e. The lowest BCUT2D eigenvalue weighted by molar-refractivity contribution is 0.0958. The Kier molecular flexibility index (Phi) is 1.62. The van der Waals surface area contributed by atoms with Gasteiger partial charge in [0.15, 0.2) is 5.78 Å². The molecule has 0 amide bonds. The fourth-order valence-corrected chi connectivity index (χ4v) is 2.80. The van der Waals surface area contributed by atoms with Crippen LogP contribution in [0.15, 0.2) is 11.4 Å². The number of hydrogen-bond donors (Lipinski definition) is 0. The maximum Gasteiger partial charge on any atom is 0.164 e. The van der Waals surface area contributed by atoms with E-state index in [9.17, 15) is 4.79 Å². The highest BCUT2D eigenvalue weighted by molar-refractivity contribution is 7.10. The molecule has 2 rings (SSSR count). The molecule has 0 fully saturated rings. The molecular weight excluding hydrogens is 168 g/mol. The first-order valence-electron chi connectivity index (χ1n) is 4.22. The van der Waals surface area contributed by atoms with Crippen LogP contribution in [-0.4, -0.2) is 5.78 Å². The molecular formula is C10H12OS. The summed E-state index contributed by atoms with van der Waals surface area (Å²) >= 11 is 1.72. The highest BCUT2D eigenvalue weighted by atomic mass is 32.1. The van der Waals surface area contributed by atoms with Crippen LogP contribution in [0.3, 0.4) is 0 Å². The van der Waals surface area contributed by atoms with Crippen molar-refractivity contribution >= 4 is 17.1 Å². The van der Waals surface area contributed by atoms with Gasteiger partial charge in [-0.25, -0.2) is 0 Å². The molecule has 0 aliphatic heterocycles. The second-order valence-corrected chi connectivity index (χ2v) is 4.89. The van der Waals surface area contributed by atoms with Crippen molar-refractivity contribution < 1.29 is 4.79 Å². The van der Waals surface area contributed by atoms with Gasteiger partial charge in [0.1, 0.15) is 0 Å². The van der Waals surface area contributed by atoms with Gasteiger partial charge < -0.3 is 0 Å². The zero-order valence-electron chi connectivity index (χ0n) is 7.39. The Morgan fingerprint density at radius 3 is 2.92 bits per heavy atom. The molecule has 0 radical (unpaired) electrons. The maximum absolute atomic E-state index is 11.4. The molecule has 0 unspecified atom stereocenters. The van der Waals surface area contributed by atoms with Gasteiger partial charge in [0.05, 0.1) is 0 Å². The van der Waals surface area contributed by atoms with Crippen molar-refractivity contribution in [1.82, 2.24) is 0 Å². The number of Topliss-reactive ketones (excluding diaryl/α,β-unsaturated/α-hetero) is 1. The number of carbonyl (C=O) groups excluding carboxylic acids is 1. The smallest absolute Gasteiger partial charge is 0.164 e. The minimum atomic E-state index is 0.220. The lowest BCUT2D eigenvalue weighted by Crippen LogP contribution is -2.24. The summed E-state index contributed by atoms with van der Waals surface area (Å²) in [5, 5.41) is 2.02. The fraction of sp³-hybridized carbons (Fsp3) is 0.500. The van der Waals surface area contributed by atoms with Crippen molar-refractivity contribution in [3.63, 3.8) is 0 Å². The monoisotopic (exact) mass is 180 g/mol. The molecule has 0 aromatic carbocycles. The van der Waals surface area contributed by atoms with Crippen molar-refractivity contribution in [3.05, 3.63) is 21.9 Å². The predicted octanol–water partition coefficient (Wildman–Crippen LogP) is 3.00. The summed E-state index contributed by atoms with van der Waals surface area (Å²) in [4.78, 5) is 12.7. The van der Waals surface area contributed by atoms with E-state index >= 15 is 0 Å². The number of fused-ring (bicyclic) bond motifs is 1. The van der Waals surface area contributed by atoms with Crippen molar-refractivity contribution in [3.8, 4) is 0 Å². The van der Waals surface area contributed by atoms with Crippen molar-refractivity contribution in [1.29, 1.82) is 0 Å². The molecule has 1 nitrogen and oxygen atoms in total. The maximum atomic E-state index is 11.4. The molecule has 0 saturated carbocycles. The molecule has 1 aromatic rings. The SMILES string of the molecule is CC1(C)CCC(=O)c2ccsc21. The fourth-order valence-electron chi connectivity index (χ4n) is 1.73. The Balaban J connectivity index is 2.57. The highest BCUT2D eigenvalue weighted by Crippen LogP contribution is 2.39. The summed E-state index contributed by atoms with van der Waals surface area (Å²) < 4.78 is 0. The van der Waals surface area contributed by atoms with E-state index in [0.717, 1.165) is 18.4 Å². The Labute approximate surface area is 76.4 Å². The first-order chi connectivity index (χ1) is 5.61. The van der Waals surface area contributed by atoms with Gasteiger partial charge in [0.25, 0.3) is 0 Å². The zero-order valence-corrected chi connectivity index (χ0v) is 8.20. The van der Waals surface area contributed by atoms with Gasteiger partial charge in [-0.15, -0.1) is 11.3 Å². The van der Waals surface area contributed by atoms with E-state index in [-0.39, 0.29) is 5.41 Å². The lowest BCUT2D eigenvalue weighted by Gasteiger charge is -2.28. The molecule has 0 saturated heterocycles. The molecule has 64 valence electrons. The zero-order chi connectivity index (χ0) is 8.77. The Hall–Kier alpha value is -0.630. The summed E-state index contributed by atoms with van der Waals surface area (Å²) in [6.45, 7) is 4.43. The van der Waals surface area contributed by atoms with Crippen molar-refractivity contribution in [2.45, 2.75) is 32.1 Å². The number of rotatable bonds is 0. The van der Waals surface area contributed by atoms with Crippen LogP contribution >= 0.6 is 11.3 Å². The summed E-state index contributed by atoms with van der Waals surface area (Å²) in [5.41, 5.74) is 1.19. The highest BCUT2D eigenvalue weighted by Gasteiger charge is 2.32. The molecule has 0 spiro atoms. The number of ketones is 1. The summed E-state index contributed by atoms with van der Waals surface area (Å²) in [7, 11) is 0. The second kappa shape index (κ2) is 2.43. The molecule has 1 aliphatic rings. The first kappa shape index (κ1) is 7.99. The van der Waals surface area contributed by atoms with E-state index in [2.05, 4.69) is 13.8 Å². The number of hydrogen-bond acceptors (Lipinski definition) is 2. The van der Waals surface area contributed by atoms with Crippen LogP contribution in [0.25, 0.3) is 0 Å². The van der Waals surface area contributed by atoms with E-state index in [4.69, 9.17) is 0 Å². The first-order valence-corrected chi connectivity index (χ1v) is 5.10. The molecule has 12 heavy (non-hydrogen) atoms. The third kappa shape index (κ3) is 1.02. The summed E-state index contributed by atoms with van der Waals surface area (Å²) in [6.07, 6.45) is 1.72. The summed E-state index contributed by atoms with van der Waals surface area (Å²) in [5.74, 6) is 0.325. The van der Waals surface area contributed by atoms with Gasteiger partial charge in [-0.3, -0.25) is 4.79 Å². The molecule has 1 aliphatic carbocycles. The quantitative estimate of drug-likeness (QED) is 0.600. The predicted molar refractivity (Wildman–Crippen MR) is 50.9 cm³/mol. The van der Waals surface area contributed by atoms with Crippen LogP contribution in [0.2, 0.25) is 0 Å². The minimum absolute atomic E-state index is 0.220. The molecule has 0 bridgehead atoms. The van der Waals surface area contributed by atoms with E-state index in [1.807, 2.05) is 11.4 Å². The molecule has 0 N–H and O–H groups in total.